The summed E-state index contributed by atoms with van der Waals surface area (Å²) in [6.45, 7) is 3.87. The monoisotopic (exact) mass is 394 g/mol. The largest absolute Gasteiger partial charge is 0.415 e. The Morgan fingerprint density at radius 3 is 2.77 bits per heavy atom. The number of likely N-dealkylation sites (N-methyl/N-ethyl adjacent to an activating group) is 1. The molecule has 2 rings (SSSR count). The zero-order valence-corrected chi connectivity index (χ0v) is 16.9. The highest BCUT2D eigenvalue weighted by Crippen LogP contribution is 2.19. The first-order chi connectivity index (χ1) is 12.4. The van der Waals surface area contributed by atoms with E-state index in [1.54, 1.807) is 18.8 Å². The predicted octanol–water partition coefficient (Wildman–Crippen LogP) is 2.74. The van der Waals surface area contributed by atoms with Gasteiger partial charge >= 0.3 is 0 Å². The van der Waals surface area contributed by atoms with Crippen molar-refractivity contribution in [3.8, 4) is 0 Å². The highest BCUT2D eigenvalue weighted by atomic mass is 32.2. The first-order valence-corrected chi connectivity index (χ1v) is 10.3. The minimum absolute atomic E-state index is 0.0195. The fourth-order valence-electron chi connectivity index (χ4n) is 2.08. The fourth-order valence-corrected chi connectivity index (χ4v) is 3.16. The van der Waals surface area contributed by atoms with Crippen molar-refractivity contribution in [3.05, 3.63) is 35.2 Å². The molecule has 2 aromatic rings. The van der Waals surface area contributed by atoms with Crippen LogP contribution in [-0.4, -0.2) is 52.5 Å². The van der Waals surface area contributed by atoms with Gasteiger partial charge in [0.1, 0.15) is 0 Å². The quantitative estimate of drug-likeness (QED) is 0.689. The fraction of sp³-hybridized carbons (Fsp3) is 0.412. The van der Waals surface area contributed by atoms with Gasteiger partial charge < -0.3 is 14.6 Å². The molecule has 0 atom stereocenters. The van der Waals surface area contributed by atoms with Gasteiger partial charge in [0.2, 0.25) is 17.7 Å². The van der Waals surface area contributed by atoms with E-state index in [9.17, 15) is 9.59 Å². The third kappa shape index (κ3) is 6.06. The molecule has 1 N–H and O–H groups in total. The lowest BCUT2D eigenvalue weighted by molar-refractivity contribution is -0.131. The topological polar surface area (TPSA) is 88.3 Å². The van der Waals surface area contributed by atoms with Crippen LogP contribution in [0.5, 0.6) is 0 Å². The molecule has 0 fully saturated rings. The molecule has 0 radical (unpaired) electrons. The molecular formula is C17H22N4O3S2. The van der Waals surface area contributed by atoms with Crippen LogP contribution < -0.4 is 5.32 Å². The lowest BCUT2D eigenvalue weighted by Crippen LogP contribution is -2.36. The molecule has 2 amide bonds. The Bertz CT molecular complexity index is 779. The maximum atomic E-state index is 12.2. The van der Waals surface area contributed by atoms with Crippen molar-refractivity contribution in [3.63, 3.8) is 0 Å². The first-order valence-electron chi connectivity index (χ1n) is 7.94. The van der Waals surface area contributed by atoms with Gasteiger partial charge in [0, 0.05) is 12.7 Å². The normalized spacial score (nSPS) is 10.6. The number of hydrogen-bond donors (Lipinski definition) is 1. The van der Waals surface area contributed by atoms with E-state index in [2.05, 4.69) is 15.5 Å². The summed E-state index contributed by atoms with van der Waals surface area (Å²) in [5.41, 5.74) is 2.80. The number of benzene rings is 1. The van der Waals surface area contributed by atoms with Crippen molar-refractivity contribution in [2.75, 3.05) is 30.9 Å². The van der Waals surface area contributed by atoms with Gasteiger partial charge in [0.25, 0.3) is 5.22 Å². The number of aromatic nitrogens is 2. The molecule has 0 saturated heterocycles. The summed E-state index contributed by atoms with van der Waals surface area (Å²) < 4.78 is 5.41. The Hall–Kier alpha value is -2.00. The van der Waals surface area contributed by atoms with Crippen LogP contribution >= 0.6 is 23.5 Å². The van der Waals surface area contributed by atoms with Crippen LogP contribution in [0.25, 0.3) is 0 Å². The molecular weight excluding hydrogens is 372 g/mol. The van der Waals surface area contributed by atoms with E-state index in [1.807, 2.05) is 38.3 Å². The maximum Gasteiger partial charge on any atom is 0.277 e. The summed E-state index contributed by atoms with van der Waals surface area (Å²) in [5, 5.41) is 11.0. The number of carbonyl (C=O) groups excluding carboxylic acids is 2. The van der Waals surface area contributed by atoms with Crippen molar-refractivity contribution in [1.29, 1.82) is 0 Å². The molecule has 140 valence electrons. The summed E-state index contributed by atoms with van der Waals surface area (Å²) in [5.74, 6) is 0.887. The molecule has 0 aliphatic carbocycles. The van der Waals surface area contributed by atoms with Crippen molar-refractivity contribution >= 4 is 41.0 Å². The van der Waals surface area contributed by atoms with E-state index in [1.165, 1.54) is 16.7 Å². The van der Waals surface area contributed by atoms with Crippen LogP contribution in [0.15, 0.2) is 27.8 Å². The number of anilines is 1. The predicted molar refractivity (Wildman–Crippen MR) is 104 cm³/mol. The Morgan fingerprint density at radius 1 is 1.27 bits per heavy atom. The number of carbonyl (C=O) groups is 2. The molecule has 0 unspecified atom stereocenters. The Labute approximate surface area is 161 Å². The SMILES string of the molecule is CSCc1nnc(SCC(=O)N(C)CC(=O)Nc2cc(C)ccc2C)o1. The molecule has 0 aliphatic heterocycles. The van der Waals surface area contributed by atoms with E-state index in [0.29, 0.717) is 16.9 Å². The molecule has 0 saturated carbocycles. The van der Waals surface area contributed by atoms with Crippen molar-refractivity contribution in [2.24, 2.45) is 0 Å². The van der Waals surface area contributed by atoms with Crippen molar-refractivity contribution in [2.45, 2.75) is 24.8 Å². The van der Waals surface area contributed by atoms with E-state index in [0.717, 1.165) is 16.8 Å². The van der Waals surface area contributed by atoms with Crippen LogP contribution in [0.1, 0.15) is 17.0 Å². The van der Waals surface area contributed by atoms with Crippen molar-refractivity contribution in [1.82, 2.24) is 15.1 Å². The maximum absolute atomic E-state index is 12.2. The molecule has 0 aliphatic rings. The van der Waals surface area contributed by atoms with Gasteiger partial charge in [-0.1, -0.05) is 23.9 Å². The lowest BCUT2D eigenvalue weighted by Gasteiger charge is -2.17. The van der Waals surface area contributed by atoms with Gasteiger partial charge in [-0.15, -0.1) is 10.2 Å². The molecule has 0 bridgehead atoms. The van der Waals surface area contributed by atoms with Crippen molar-refractivity contribution < 1.29 is 14.0 Å². The van der Waals surface area contributed by atoms with Crippen LogP contribution in [0.3, 0.4) is 0 Å². The third-order valence-corrected chi connectivity index (χ3v) is 4.85. The van der Waals surface area contributed by atoms with Crippen LogP contribution in [0, 0.1) is 13.8 Å². The highest BCUT2D eigenvalue weighted by molar-refractivity contribution is 7.99. The number of nitrogens with one attached hydrogen (secondary N) is 1. The second-order valence-electron chi connectivity index (χ2n) is 5.80. The van der Waals surface area contributed by atoms with Gasteiger partial charge in [0.05, 0.1) is 18.1 Å². The Balaban J connectivity index is 1.81. The average molecular weight is 395 g/mol. The Kier molecular flexibility index (Phi) is 7.52. The second-order valence-corrected chi connectivity index (χ2v) is 7.59. The van der Waals surface area contributed by atoms with Gasteiger partial charge in [-0.3, -0.25) is 9.59 Å². The van der Waals surface area contributed by atoms with Gasteiger partial charge in [0.15, 0.2) is 0 Å². The minimum atomic E-state index is -0.236. The third-order valence-electron chi connectivity index (χ3n) is 3.51. The number of thioether (sulfide) groups is 2. The van der Waals surface area contributed by atoms with E-state index < -0.39 is 0 Å². The minimum Gasteiger partial charge on any atom is -0.415 e. The standard InChI is InChI=1S/C17H22N4O3S2/c1-11-5-6-12(2)13(7-11)18-14(22)8-21(3)16(23)10-26-17-20-19-15(24-17)9-25-4/h5-7H,8-10H2,1-4H3,(H,18,22). The highest BCUT2D eigenvalue weighted by Gasteiger charge is 2.16. The van der Waals surface area contributed by atoms with E-state index >= 15 is 0 Å². The summed E-state index contributed by atoms with van der Waals surface area (Å²) in [4.78, 5) is 25.8. The number of aryl methyl sites for hydroxylation is 2. The zero-order chi connectivity index (χ0) is 19.1. The summed E-state index contributed by atoms with van der Waals surface area (Å²) in [7, 11) is 1.60. The molecule has 0 spiro atoms. The van der Waals surface area contributed by atoms with Crippen LogP contribution in [0.4, 0.5) is 5.69 Å². The Morgan fingerprint density at radius 2 is 2.04 bits per heavy atom. The summed E-state index contributed by atoms with van der Waals surface area (Å²) >= 11 is 2.75. The smallest absolute Gasteiger partial charge is 0.277 e. The molecule has 1 aromatic carbocycles. The number of hydrogen-bond acceptors (Lipinski definition) is 7. The average Bonchev–Trinajstić information content (AvgIpc) is 3.03. The molecule has 1 heterocycles. The molecule has 26 heavy (non-hydrogen) atoms. The molecule has 9 heteroatoms. The number of rotatable bonds is 8. The summed E-state index contributed by atoms with van der Waals surface area (Å²) in [6.07, 6.45) is 1.94. The van der Waals surface area contributed by atoms with E-state index in [-0.39, 0.29) is 24.1 Å². The second kappa shape index (κ2) is 9.63. The van der Waals surface area contributed by atoms with E-state index in [4.69, 9.17) is 4.42 Å². The number of amides is 2. The van der Waals surface area contributed by atoms with Gasteiger partial charge in [-0.05, 0) is 37.3 Å². The van der Waals surface area contributed by atoms with Gasteiger partial charge in [-0.25, -0.2) is 0 Å². The molecule has 1 aromatic heterocycles. The summed E-state index contributed by atoms with van der Waals surface area (Å²) in [6, 6.07) is 5.85. The zero-order valence-electron chi connectivity index (χ0n) is 15.2. The van der Waals surface area contributed by atoms with Gasteiger partial charge in [-0.2, -0.15) is 11.8 Å². The van der Waals surface area contributed by atoms with Crippen LogP contribution in [0.2, 0.25) is 0 Å². The molecule has 7 nitrogen and oxygen atoms in total. The number of nitrogens with zero attached hydrogens (tertiary/aromatic N) is 3. The first kappa shape index (κ1) is 20.3. The lowest BCUT2D eigenvalue weighted by atomic mass is 10.1. The van der Waals surface area contributed by atoms with Crippen LogP contribution in [-0.2, 0) is 15.3 Å².